The van der Waals surface area contributed by atoms with E-state index in [0.717, 1.165) is 6.07 Å². The predicted molar refractivity (Wildman–Crippen MR) is 67.2 cm³/mol. The number of nitro groups is 1. The Balaban J connectivity index is 2.83. The van der Waals surface area contributed by atoms with Gasteiger partial charge in [-0.15, -0.1) is 0 Å². The highest BCUT2D eigenvalue weighted by atomic mass is 16.6. The normalized spacial score (nSPS) is 9.74. The zero-order valence-electron chi connectivity index (χ0n) is 10.2. The number of nitrogens with one attached hydrogen (secondary N) is 2. The summed E-state index contributed by atoms with van der Waals surface area (Å²) in [5.74, 6) is -1.58. The van der Waals surface area contributed by atoms with Gasteiger partial charge in [0, 0.05) is 25.2 Å². The van der Waals surface area contributed by atoms with E-state index in [2.05, 4.69) is 10.6 Å². The van der Waals surface area contributed by atoms with Gasteiger partial charge in [-0.25, -0.2) is 0 Å². The average Bonchev–Trinajstić information content (AvgIpc) is 2.37. The lowest BCUT2D eigenvalue weighted by Gasteiger charge is -2.06. The largest absolute Gasteiger partial charge is 0.481 e. The fourth-order valence-corrected chi connectivity index (χ4v) is 1.42. The number of carboxylic acids is 1. The van der Waals surface area contributed by atoms with Crippen molar-refractivity contribution in [3.63, 3.8) is 0 Å². The van der Waals surface area contributed by atoms with Gasteiger partial charge in [0.25, 0.3) is 11.6 Å². The van der Waals surface area contributed by atoms with Crippen LogP contribution in [-0.2, 0) is 4.79 Å². The molecular formula is C11H13N3O5. The van der Waals surface area contributed by atoms with Crippen molar-refractivity contribution in [2.45, 2.75) is 6.42 Å². The Hall–Kier alpha value is -2.64. The highest BCUT2D eigenvalue weighted by Crippen LogP contribution is 2.24. The van der Waals surface area contributed by atoms with Gasteiger partial charge in [-0.3, -0.25) is 19.7 Å². The summed E-state index contributed by atoms with van der Waals surface area (Å²) in [5, 5.41) is 24.3. The van der Waals surface area contributed by atoms with Crippen molar-refractivity contribution >= 4 is 23.3 Å². The number of hydrogen-bond acceptors (Lipinski definition) is 5. The topological polar surface area (TPSA) is 122 Å². The standard InChI is InChI=1S/C11H13N3O5/c1-12-8-3-2-7(6-9(8)14(18)19)11(17)13-5-4-10(15)16/h2-3,6,12H,4-5H2,1H3,(H,13,17)(H,15,16). The molecule has 0 bridgehead atoms. The molecule has 8 nitrogen and oxygen atoms in total. The molecule has 1 amide bonds. The molecule has 0 radical (unpaired) electrons. The summed E-state index contributed by atoms with van der Waals surface area (Å²) in [5.41, 5.74) is 0.191. The third-order valence-electron chi connectivity index (χ3n) is 2.35. The Bertz CT molecular complexity index is 515. The number of hydrogen-bond donors (Lipinski definition) is 3. The minimum atomic E-state index is -1.03. The highest BCUT2D eigenvalue weighted by Gasteiger charge is 2.16. The molecule has 1 aromatic carbocycles. The maximum atomic E-state index is 11.7. The second-order valence-electron chi connectivity index (χ2n) is 3.64. The molecule has 0 aromatic heterocycles. The van der Waals surface area contributed by atoms with E-state index in [9.17, 15) is 19.7 Å². The minimum absolute atomic E-state index is 0.0320. The van der Waals surface area contributed by atoms with Gasteiger partial charge in [0.05, 0.1) is 11.3 Å². The summed E-state index contributed by atoms with van der Waals surface area (Å²) in [4.78, 5) is 32.2. The van der Waals surface area contributed by atoms with Crippen LogP contribution in [0.15, 0.2) is 18.2 Å². The quantitative estimate of drug-likeness (QED) is 0.518. The summed E-state index contributed by atoms with van der Waals surface area (Å²) in [6.45, 7) is -0.0320. The van der Waals surface area contributed by atoms with Gasteiger partial charge in [-0.05, 0) is 12.1 Å². The maximum absolute atomic E-state index is 11.7. The van der Waals surface area contributed by atoms with Crippen LogP contribution < -0.4 is 10.6 Å². The lowest BCUT2D eigenvalue weighted by atomic mass is 10.1. The molecule has 19 heavy (non-hydrogen) atoms. The fraction of sp³-hybridized carbons (Fsp3) is 0.273. The van der Waals surface area contributed by atoms with Crippen LogP contribution in [0.25, 0.3) is 0 Å². The van der Waals surface area contributed by atoms with Crippen LogP contribution in [0.3, 0.4) is 0 Å². The Labute approximate surface area is 108 Å². The first-order chi connectivity index (χ1) is 8.95. The van der Waals surface area contributed by atoms with Gasteiger partial charge in [0.15, 0.2) is 0 Å². The molecule has 0 aliphatic rings. The van der Waals surface area contributed by atoms with Gasteiger partial charge < -0.3 is 15.7 Å². The molecule has 0 unspecified atom stereocenters. The molecule has 0 aliphatic carbocycles. The van der Waals surface area contributed by atoms with Crippen LogP contribution in [0, 0.1) is 10.1 Å². The third-order valence-corrected chi connectivity index (χ3v) is 2.35. The van der Waals surface area contributed by atoms with E-state index in [-0.39, 0.29) is 24.2 Å². The number of carboxylic acid groups (broad SMARTS) is 1. The van der Waals surface area contributed by atoms with Crippen LogP contribution in [0.2, 0.25) is 0 Å². The molecule has 102 valence electrons. The molecule has 3 N–H and O–H groups in total. The van der Waals surface area contributed by atoms with Crippen LogP contribution in [0.1, 0.15) is 16.8 Å². The highest BCUT2D eigenvalue weighted by molar-refractivity contribution is 5.95. The molecule has 0 heterocycles. The minimum Gasteiger partial charge on any atom is -0.481 e. The maximum Gasteiger partial charge on any atom is 0.305 e. The first kappa shape index (κ1) is 14.4. The van der Waals surface area contributed by atoms with E-state index in [1.807, 2.05) is 0 Å². The van der Waals surface area contributed by atoms with E-state index >= 15 is 0 Å². The van der Waals surface area contributed by atoms with E-state index in [1.54, 1.807) is 0 Å². The summed E-state index contributed by atoms with van der Waals surface area (Å²) in [6, 6.07) is 3.99. The van der Waals surface area contributed by atoms with Gasteiger partial charge in [0.1, 0.15) is 5.69 Å². The molecular weight excluding hydrogens is 254 g/mol. The van der Waals surface area contributed by atoms with Crippen molar-refractivity contribution in [3.05, 3.63) is 33.9 Å². The molecule has 1 rings (SSSR count). The third kappa shape index (κ3) is 3.95. The predicted octanol–water partition coefficient (Wildman–Crippen LogP) is 0.841. The van der Waals surface area contributed by atoms with E-state index in [1.165, 1.54) is 19.2 Å². The van der Waals surface area contributed by atoms with Crippen molar-refractivity contribution in [2.24, 2.45) is 0 Å². The van der Waals surface area contributed by atoms with E-state index in [4.69, 9.17) is 5.11 Å². The van der Waals surface area contributed by atoms with Crippen molar-refractivity contribution in [1.82, 2.24) is 5.32 Å². The van der Waals surface area contributed by atoms with Gasteiger partial charge in [-0.1, -0.05) is 0 Å². The number of amides is 1. The molecule has 1 aromatic rings. The number of aliphatic carboxylic acids is 1. The second kappa shape index (κ2) is 6.34. The Morgan fingerprint density at radius 1 is 1.42 bits per heavy atom. The number of benzene rings is 1. The van der Waals surface area contributed by atoms with Crippen LogP contribution in [0.5, 0.6) is 0 Å². The van der Waals surface area contributed by atoms with Crippen LogP contribution in [-0.4, -0.2) is 35.5 Å². The molecule has 0 atom stereocenters. The van der Waals surface area contributed by atoms with Crippen molar-refractivity contribution < 1.29 is 19.6 Å². The number of anilines is 1. The van der Waals surface area contributed by atoms with Crippen LogP contribution >= 0.6 is 0 Å². The Morgan fingerprint density at radius 2 is 2.11 bits per heavy atom. The van der Waals surface area contributed by atoms with Crippen molar-refractivity contribution in [3.8, 4) is 0 Å². The van der Waals surface area contributed by atoms with E-state index in [0.29, 0.717) is 5.69 Å². The molecule has 0 fully saturated rings. The Kier molecular flexibility index (Phi) is 4.81. The Morgan fingerprint density at radius 3 is 2.63 bits per heavy atom. The zero-order chi connectivity index (χ0) is 14.4. The van der Waals surface area contributed by atoms with Crippen molar-refractivity contribution in [1.29, 1.82) is 0 Å². The van der Waals surface area contributed by atoms with Crippen LogP contribution in [0.4, 0.5) is 11.4 Å². The molecule has 0 aliphatic heterocycles. The zero-order valence-corrected chi connectivity index (χ0v) is 10.2. The average molecular weight is 267 g/mol. The first-order valence-corrected chi connectivity index (χ1v) is 5.42. The lowest BCUT2D eigenvalue weighted by molar-refractivity contribution is -0.384. The number of nitrogens with zero attached hydrogens (tertiary/aromatic N) is 1. The number of rotatable bonds is 6. The van der Waals surface area contributed by atoms with Gasteiger partial charge in [-0.2, -0.15) is 0 Å². The smallest absolute Gasteiger partial charge is 0.305 e. The summed E-state index contributed by atoms with van der Waals surface area (Å²) < 4.78 is 0. The number of carbonyl (C=O) groups is 2. The number of carbonyl (C=O) groups excluding carboxylic acids is 1. The second-order valence-corrected chi connectivity index (χ2v) is 3.64. The van der Waals surface area contributed by atoms with Gasteiger partial charge in [0.2, 0.25) is 0 Å². The van der Waals surface area contributed by atoms with E-state index < -0.39 is 16.8 Å². The molecule has 0 saturated heterocycles. The molecule has 8 heteroatoms. The molecule has 0 saturated carbocycles. The molecule has 0 spiro atoms. The fourth-order valence-electron chi connectivity index (χ4n) is 1.42. The SMILES string of the molecule is CNc1ccc(C(=O)NCCC(=O)O)cc1[N+](=O)[O-]. The van der Waals surface area contributed by atoms with Crippen molar-refractivity contribution in [2.75, 3.05) is 18.9 Å². The summed E-state index contributed by atoms with van der Waals surface area (Å²) in [7, 11) is 1.54. The summed E-state index contributed by atoms with van der Waals surface area (Å²) in [6.07, 6.45) is -0.206. The van der Waals surface area contributed by atoms with Gasteiger partial charge >= 0.3 is 5.97 Å². The summed E-state index contributed by atoms with van der Waals surface area (Å²) >= 11 is 0. The lowest BCUT2D eigenvalue weighted by Crippen LogP contribution is -2.26. The first-order valence-electron chi connectivity index (χ1n) is 5.42. The number of nitro benzene ring substituents is 1. The monoisotopic (exact) mass is 267 g/mol.